The van der Waals surface area contributed by atoms with Crippen molar-refractivity contribution in [2.24, 2.45) is 10.9 Å². The van der Waals surface area contributed by atoms with Gasteiger partial charge < -0.3 is 0 Å². The van der Waals surface area contributed by atoms with Crippen LogP contribution in [0, 0.1) is 12.8 Å². The molecule has 2 heteroatoms. The minimum Gasteiger partial charge on any atom is -0.266 e. The Morgan fingerprint density at radius 3 is 2.28 bits per heavy atom. The quantitative estimate of drug-likeness (QED) is 0.608. The number of allylic oxidation sites excluding steroid dienone is 2. The minimum absolute atomic E-state index is 0.401. The van der Waals surface area contributed by atoms with Crippen LogP contribution in [0.3, 0.4) is 0 Å². The summed E-state index contributed by atoms with van der Waals surface area (Å²) in [5, 5.41) is 2.16. The van der Waals surface area contributed by atoms with Gasteiger partial charge in [0.05, 0.1) is 0 Å². The van der Waals surface area contributed by atoms with Crippen LogP contribution in [0.1, 0.15) is 57.9 Å². The Morgan fingerprint density at radius 1 is 1.28 bits per heavy atom. The highest BCUT2D eigenvalue weighted by molar-refractivity contribution is 7.10. The summed E-state index contributed by atoms with van der Waals surface area (Å²) >= 11 is 1.82. The van der Waals surface area contributed by atoms with E-state index >= 15 is 0 Å². The summed E-state index contributed by atoms with van der Waals surface area (Å²) in [5.74, 6) is 0.944. The molecule has 0 spiro atoms. The molecule has 0 fully saturated rings. The van der Waals surface area contributed by atoms with Gasteiger partial charge in [0.2, 0.25) is 0 Å². The van der Waals surface area contributed by atoms with Gasteiger partial charge in [-0.25, -0.2) is 0 Å². The van der Waals surface area contributed by atoms with E-state index in [1.165, 1.54) is 16.1 Å². The molecule has 1 aromatic rings. The van der Waals surface area contributed by atoms with Crippen LogP contribution < -0.4 is 0 Å². The third kappa shape index (κ3) is 5.18. The van der Waals surface area contributed by atoms with Gasteiger partial charge in [0.25, 0.3) is 0 Å². The van der Waals surface area contributed by atoms with E-state index in [0.717, 1.165) is 0 Å². The molecule has 1 heterocycles. The normalized spacial score (nSPS) is 13.7. The van der Waals surface area contributed by atoms with Crippen molar-refractivity contribution in [3.63, 3.8) is 0 Å². The summed E-state index contributed by atoms with van der Waals surface area (Å²) in [7, 11) is 0. The van der Waals surface area contributed by atoms with Crippen molar-refractivity contribution in [3.05, 3.63) is 33.7 Å². The Morgan fingerprint density at radius 2 is 1.89 bits per heavy atom. The van der Waals surface area contributed by atoms with Crippen molar-refractivity contribution >= 4 is 17.6 Å². The number of hydrogen-bond acceptors (Lipinski definition) is 2. The fourth-order valence-corrected chi connectivity index (χ4v) is 2.75. The molecule has 0 aliphatic carbocycles. The van der Waals surface area contributed by atoms with Gasteiger partial charge in [-0.05, 0) is 36.8 Å². The van der Waals surface area contributed by atoms with Crippen molar-refractivity contribution < 1.29 is 0 Å². The number of nitrogens with zero attached hydrogens (tertiary/aromatic N) is 1. The maximum atomic E-state index is 4.50. The maximum absolute atomic E-state index is 4.50. The van der Waals surface area contributed by atoms with Crippen LogP contribution in [-0.4, -0.2) is 6.21 Å². The highest BCUT2D eigenvalue weighted by atomic mass is 32.1. The van der Waals surface area contributed by atoms with E-state index < -0.39 is 0 Å². The topological polar surface area (TPSA) is 12.4 Å². The summed E-state index contributed by atoms with van der Waals surface area (Å²) in [6, 6.07) is 2.18. The third-order valence-electron chi connectivity index (χ3n) is 2.52. The molecule has 0 aliphatic heterocycles. The van der Waals surface area contributed by atoms with Gasteiger partial charge in [0.15, 0.2) is 0 Å². The molecule has 0 aromatic carbocycles. The molecular formula is C16H27NS. The number of aryl methyl sites for hydroxylation is 1. The summed E-state index contributed by atoms with van der Waals surface area (Å²) in [6.07, 6.45) is 4.14. The van der Waals surface area contributed by atoms with E-state index in [0.29, 0.717) is 11.8 Å². The lowest BCUT2D eigenvalue weighted by atomic mass is 10.0. The van der Waals surface area contributed by atoms with Crippen LogP contribution in [0.15, 0.2) is 28.2 Å². The highest BCUT2D eigenvalue weighted by Gasteiger charge is 2.14. The van der Waals surface area contributed by atoms with Crippen LogP contribution in [-0.2, 0) is 0 Å². The number of hydrogen-bond donors (Lipinski definition) is 0. The third-order valence-corrected chi connectivity index (χ3v) is 3.72. The second-order valence-corrected chi connectivity index (χ2v) is 5.36. The van der Waals surface area contributed by atoms with Crippen molar-refractivity contribution in [1.29, 1.82) is 0 Å². The Balaban J connectivity index is 0.00000137. The standard InChI is InChI=1S/C14H21NS.C2H6/c1-6-15-13(9-10(2)3)12(5)14-11(4)7-8-16-14;1-2/h6-10,12H,1-5H3;1-2H3/b13-9-,15-6?;. The first kappa shape index (κ1) is 17.1. The van der Waals surface area contributed by atoms with Gasteiger partial charge in [-0.1, -0.05) is 40.7 Å². The molecule has 1 nitrogen and oxygen atoms in total. The van der Waals surface area contributed by atoms with Gasteiger partial charge >= 0.3 is 0 Å². The highest BCUT2D eigenvalue weighted by Crippen LogP contribution is 2.32. The van der Waals surface area contributed by atoms with E-state index in [9.17, 15) is 0 Å². The predicted octanol–water partition coefficient (Wildman–Crippen LogP) is 5.82. The molecule has 1 atom stereocenters. The smallest absolute Gasteiger partial charge is 0.0442 e. The summed E-state index contributed by atoms with van der Waals surface area (Å²) in [5.41, 5.74) is 2.56. The van der Waals surface area contributed by atoms with Crippen molar-refractivity contribution in [2.45, 2.75) is 54.4 Å². The van der Waals surface area contributed by atoms with E-state index in [1.807, 2.05) is 38.3 Å². The lowest BCUT2D eigenvalue weighted by molar-refractivity contribution is 0.787. The molecule has 0 N–H and O–H groups in total. The first-order chi connectivity index (χ1) is 8.56. The largest absolute Gasteiger partial charge is 0.266 e. The van der Waals surface area contributed by atoms with Gasteiger partial charge in [-0.2, -0.15) is 0 Å². The van der Waals surface area contributed by atoms with E-state index in [-0.39, 0.29) is 0 Å². The van der Waals surface area contributed by atoms with E-state index in [2.05, 4.69) is 50.2 Å². The average Bonchev–Trinajstić information content (AvgIpc) is 2.76. The SMILES string of the molecule is CC.CC=N/C(=C\C(C)C)C(C)c1sccc1C. The molecule has 0 radical (unpaired) electrons. The first-order valence-electron chi connectivity index (χ1n) is 6.80. The van der Waals surface area contributed by atoms with Crippen molar-refractivity contribution in [3.8, 4) is 0 Å². The van der Waals surface area contributed by atoms with Crippen LogP contribution in [0.25, 0.3) is 0 Å². The fraction of sp³-hybridized carbons (Fsp3) is 0.562. The zero-order valence-corrected chi connectivity index (χ0v) is 13.6. The Kier molecular flexibility index (Phi) is 8.65. The van der Waals surface area contributed by atoms with Gasteiger partial charge in [0.1, 0.15) is 0 Å². The fourth-order valence-electron chi connectivity index (χ4n) is 1.75. The first-order valence-corrected chi connectivity index (χ1v) is 7.68. The number of rotatable bonds is 4. The average molecular weight is 265 g/mol. The molecule has 1 aromatic heterocycles. The monoisotopic (exact) mass is 265 g/mol. The lowest BCUT2D eigenvalue weighted by Gasteiger charge is -2.13. The van der Waals surface area contributed by atoms with E-state index in [4.69, 9.17) is 0 Å². The predicted molar refractivity (Wildman–Crippen MR) is 85.9 cm³/mol. The minimum atomic E-state index is 0.401. The molecular weight excluding hydrogens is 238 g/mol. The molecule has 0 bridgehead atoms. The Bertz CT molecular complexity index is 386. The second-order valence-electron chi connectivity index (χ2n) is 4.41. The molecule has 0 saturated carbocycles. The van der Waals surface area contributed by atoms with Gasteiger partial charge in [-0.3, -0.25) is 4.99 Å². The molecule has 18 heavy (non-hydrogen) atoms. The van der Waals surface area contributed by atoms with Gasteiger partial charge in [0, 0.05) is 22.7 Å². The Labute approximate surface area is 117 Å². The lowest BCUT2D eigenvalue weighted by Crippen LogP contribution is -1.98. The summed E-state index contributed by atoms with van der Waals surface area (Å²) < 4.78 is 0. The maximum Gasteiger partial charge on any atom is 0.0442 e. The van der Waals surface area contributed by atoms with Crippen molar-refractivity contribution in [1.82, 2.24) is 0 Å². The van der Waals surface area contributed by atoms with Gasteiger partial charge in [-0.15, -0.1) is 11.3 Å². The van der Waals surface area contributed by atoms with Crippen LogP contribution in [0.5, 0.6) is 0 Å². The zero-order valence-electron chi connectivity index (χ0n) is 12.8. The van der Waals surface area contributed by atoms with E-state index in [1.54, 1.807) is 0 Å². The number of thiophene rings is 1. The molecule has 0 aliphatic rings. The second kappa shape index (κ2) is 9.09. The van der Waals surface area contributed by atoms with Crippen LogP contribution in [0.4, 0.5) is 0 Å². The summed E-state index contributed by atoms with van der Waals surface area (Å²) in [4.78, 5) is 5.93. The van der Waals surface area contributed by atoms with Crippen molar-refractivity contribution in [2.75, 3.05) is 0 Å². The Hall–Kier alpha value is -0.890. The number of aliphatic imine (C=N–C) groups is 1. The molecule has 102 valence electrons. The van der Waals surface area contributed by atoms with Crippen LogP contribution in [0.2, 0.25) is 0 Å². The molecule has 0 amide bonds. The zero-order chi connectivity index (χ0) is 14.1. The molecule has 1 rings (SSSR count). The summed E-state index contributed by atoms with van der Waals surface area (Å²) in [6.45, 7) is 14.8. The molecule has 0 saturated heterocycles. The van der Waals surface area contributed by atoms with Crippen LogP contribution >= 0.6 is 11.3 Å². The molecule has 1 unspecified atom stereocenters.